The van der Waals surface area contributed by atoms with Crippen LogP contribution in [0.2, 0.25) is 0 Å². The zero-order valence-electron chi connectivity index (χ0n) is 14.5. The number of quaternary nitrogens is 1. The van der Waals surface area contributed by atoms with Crippen molar-refractivity contribution in [1.29, 1.82) is 0 Å². The number of nitrogens with zero attached hydrogens (tertiary/aromatic N) is 2. The van der Waals surface area contributed by atoms with Gasteiger partial charge in [0, 0.05) is 39.2 Å². The lowest BCUT2D eigenvalue weighted by Crippen LogP contribution is -2.72. The predicted octanol–water partition coefficient (Wildman–Crippen LogP) is 1.49. The van der Waals surface area contributed by atoms with E-state index in [4.69, 9.17) is 0 Å². The van der Waals surface area contributed by atoms with Crippen LogP contribution in [0.5, 0.6) is 0 Å². The molecule has 0 atom stereocenters. The van der Waals surface area contributed by atoms with Crippen LogP contribution in [-0.2, 0) is 4.79 Å². The molecule has 1 amide bonds. The molecule has 5 heteroatoms. The van der Waals surface area contributed by atoms with Gasteiger partial charge in [0.25, 0.3) is 0 Å². The fraction of sp³-hybridized carbons (Fsp3) is 0.562. The van der Waals surface area contributed by atoms with Gasteiger partial charge in [0.2, 0.25) is 5.91 Å². The molecule has 0 aliphatic rings. The summed E-state index contributed by atoms with van der Waals surface area (Å²) in [5.41, 5.74) is 3.01. The molecule has 1 rings (SSSR count). The summed E-state index contributed by atoms with van der Waals surface area (Å²) < 4.78 is 0. The largest absolute Gasteiger partial charge is 0.372 e. The molecule has 3 N–H and O–H groups in total. The van der Waals surface area contributed by atoms with Gasteiger partial charge in [0.15, 0.2) is 0 Å². The maximum absolute atomic E-state index is 11.3. The van der Waals surface area contributed by atoms with Crippen LogP contribution in [0, 0.1) is 0 Å². The number of carbonyl (C=O) groups excluding carboxylic acids is 1. The van der Waals surface area contributed by atoms with E-state index in [1.54, 1.807) is 0 Å². The Morgan fingerprint density at radius 1 is 1.19 bits per heavy atom. The second kappa shape index (κ2) is 10.2. The number of amides is 1. The number of benzene rings is 1. The lowest BCUT2D eigenvalue weighted by atomic mass is 10.2. The second-order valence-corrected chi connectivity index (χ2v) is 4.97. The number of nitrogens with two attached hydrogens (primary N) is 1. The first kappa shape index (κ1) is 19.4. The van der Waals surface area contributed by atoms with E-state index in [1.165, 1.54) is 6.92 Å². The fourth-order valence-corrected chi connectivity index (χ4v) is 1.83. The minimum absolute atomic E-state index is 0.0458. The lowest BCUT2D eigenvalue weighted by Gasteiger charge is -2.24. The Labute approximate surface area is 129 Å². The minimum atomic E-state index is -0.0458. The van der Waals surface area contributed by atoms with Crippen molar-refractivity contribution >= 4 is 23.0 Å². The Morgan fingerprint density at radius 2 is 1.81 bits per heavy atom. The van der Waals surface area contributed by atoms with Crippen LogP contribution in [0.4, 0.5) is 17.1 Å². The first-order chi connectivity index (χ1) is 9.93. The normalized spacial score (nSPS) is 9.90. The third-order valence-electron chi connectivity index (χ3n) is 2.96. The number of rotatable bonds is 6. The predicted molar refractivity (Wildman–Crippen MR) is 91.4 cm³/mol. The summed E-state index contributed by atoms with van der Waals surface area (Å²) in [5, 5.41) is 4.93. The van der Waals surface area contributed by atoms with Gasteiger partial charge in [-0.2, -0.15) is 0 Å². The molecule has 0 saturated carbocycles. The number of anilines is 2. The molecule has 1 aromatic carbocycles. The number of carbonyl (C=O) groups is 1. The van der Waals surface area contributed by atoms with Crippen LogP contribution >= 0.6 is 0 Å². The van der Waals surface area contributed by atoms with Gasteiger partial charge in [-0.3, -0.25) is 4.79 Å². The molecule has 0 bridgehead atoms. The highest BCUT2D eigenvalue weighted by Gasteiger charge is 2.11. The smallest absolute Gasteiger partial charge is 0.221 e. The summed E-state index contributed by atoms with van der Waals surface area (Å²) in [6.07, 6.45) is 0. The molecule has 1 aromatic rings. The minimum Gasteiger partial charge on any atom is -0.372 e. The molecular formula is C16H31N4O+. The standard InChI is InChI=1S/C14H24N4O.C2H6/c1-11(19)16-13-10-12(15-2)6-7-14(13)18(5)9-8-17(3)4;1-2/h6-7,10,15H,8-9H2,1-5H3,(H,16,19);1-2H3/p+1. The molecule has 5 nitrogen and oxygen atoms in total. The van der Waals surface area contributed by atoms with Crippen molar-refractivity contribution in [1.82, 2.24) is 4.90 Å². The van der Waals surface area contributed by atoms with Gasteiger partial charge in [0.05, 0.1) is 18.4 Å². The molecule has 0 aliphatic heterocycles. The van der Waals surface area contributed by atoms with E-state index >= 15 is 0 Å². The third kappa shape index (κ3) is 7.11. The molecule has 0 saturated heterocycles. The molecule has 0 spiro atoms. The topological polar surface area (TPSA) is 52.2 Å². The summed E-state index contributed by atoms with van der Waals surface area (Å²) in [5.74, 6) is -0.0458. The summed E-state index contributed by atoms with van der Waals surface area (Å²) >= 11 is 0. The highest BCUT2D eigenvalue weighted by atomic mass is 16.1. The van der Waals surface area contributed by atoms with Crippen molar-refractivity contribution in [3.05, 3.63) is 18.2 Å². The molecule has 0 radical (unpaired) electrons. The highest BCUT2D eigenvalue weighted by molar-refractivity contribution is 5.93. The van der Waals surface area contributed by atoms with E-state index < -0.39 is 0 Å². The molecule has 0 aliphatic carbocycles. The van der Waals surface area contributed by atoms with Gasteiger partial charge in [0.1, 0.15) is 5.69 Å². The SMILES string of the molecule is CC.C[NH2+]c1ccc(N(C)CCN(C)C)c(NC(C)=O)c1. The first-order valence-corrected chi connectivity index (χ1v) is 7.51. The molecule has 21 heavy (non-hydrogen) atoms. The van der Waals surface area contributed by atoms with Gasteiger partial charge in [-0.15, -0.1) is 0 Å². The van der Waals surface area contributed by atoms with Crippen LogP contribution in [0.25, 0.3) is 0 Å². The fourth-order valence-electron chi connectivity index (χ4n) is 1.83. The zero-order valence-corrected chi connectivity index (χ0v) is 14.5. The van der Waals surface area contributed by atoms with Gasteiger partial charge in [-0.05, 0) is 20.2 Å². The van der Waals surface area contributed by atoms with Crippen LogP contribution in [0.15, 0.2) is 18.2 Å². The van der Waals surface area contributed by atoms with E-state index in [-0.39, 0.29) is 5.91 Å². The van der Waals surface area contributed by atoms with E-state index in [0.717, 1.165) is 30.2 Å². The lowest BCUT2D eigenvalue weighted by molar-refractivity contribution is -0.539. The van der Waals surface area contributed by atoms with E-state index in [0.29, 0.717) is 0 Å². The number of hydrogen-bond acceptors (Lipinski definition) is 3. The molecule has 0 aromatic heterocycles. The summed E-state index contributed by atoms with van der Waals surface area (Å²) in [7, 11) is 8.14. The molecule has 120 valence electrons. The van der Waals surface area contributed by atoms with E-state index in [1.807, 2.05) is 39.3 Å². The second-order valence-electron chi connectivity index (χ2n) is 4.97. The Hall–Kier alpha value is -1.59. The quantitative estimate of drug-likeness (QED) is 0.782. The van der Waals surface area contributed by atoms with Crippen LogP contribution in [0.1, 0.15) is 20.8 Å². The van der Waals surface area contributed by atoms with Gasteiger partial charge < -0.3 is 20.4 Å². The number of hydrogen-bond donors (Lipinski definition) is 2. The molecular weight excluding hydrogens is 264 g/mol. The molecule has 0 fully saturated rings. The Balaban J connectivity index is 0.00000191. The van der Waals surface area contributed by atoms with E-state index in [9.17, 15) is 4.79 Å². The van der Waals surface area contributed by atoms with Crippen molar-refractivity contribution in [3.63, 3.8) is 0 Å². The summed E-state index contributed by atoms with van der Waals surface area (Å²) in [6, 6.07) is 6.12. The van der Waals surface area contributed by atoms with Crippen LogP contribution in [0.3, 0.4) is 0 Å². The van der Waals surface area contributed by atoms with Crippen molar-refractivity contribution in [3.8, 4) is 0 Å². The van der Waals surface area contributed by atoms with Gasteiger partial charge in [-0.25, -0.2) is 0 Å². The summed E-state index contributed by atoms with van der Waals surface area (Å²) in [6.45, 7) is 7.42. The monoisotopic (exact) mass is 295 g/mol. The van der Waals surface area contributed by atoms with Crippen molar-refractivity contribution in [2.45, 2.75) is 20.8 Å². The molecule has 0 unspecified atom stereocenters. The average molecular weight is 295 g/mol. The first-order valence-electron chi connectivity index (χ1n) is 7.51. The average Bonchev–Trinajstić information content (AvgIpc) is 2.46. The van der Waals surface area contributed by atoms with Gasteiger partial charge >= 0.3 is 0 Å². The molecule has 0 heterocycles. The third-order valence-corrected chi connectivity index (χ3v) is 2.96. The number of nitrogens with one attached hydrogen (secondary N) is 1. The Morgan fingerprint density at radius 3 is 2.29 bits per heavy atom. The Kier molecular flexibility index (Phi) is 9.41. The summed E-state index contributed by atoms with van der Waals surface area (Å²) in [4.78, 5) is 15.6. The van der Waals surface area contributed by atoms with Crippen LogP contribution < -0.4 is 15.5 Å². The highest BCUT2D eigenvalue weighted by Crippen LogP contribution is 2.27. The number of likely N-dealkylation sites (N-methyl/N-ethyl adjacent to an activating group) is 2. The van der Waals surface area contributed by atoms with Crippen LogP contribution in [-0.4, -0.2) is 52.1 Å². The van der Waals surface area contributed by atoms with E-state index in [2.05, 4.69) is 41.3 Å². The maximum atomic E-state index is 11.3. The van der Waals surface area contributed by atoms with Crippen molar-refractivity contribution in [2.24, 2.45) is 0 Å². The van der Waals surface area contributed by atoms with Gasteiger partial charge in [-0.1, -0.05) is 13.8 Å². The van der Waals surface area contributed by atoms with Crippen molar-refractivity contribution in [2.75, 3.05) is 51.5 Å². The van der Waals surface area contributed by atoms with Crippen molar-refractivity contribution < 1.29 is 10.1 Å². The maximum Gasteiger partial charge on any atom is 0.221 e. The Bertz CT molecular complexity index is 432. The zero-order chi connectivity index (χ0) is 16.4.